The van der Waals surface area contributed by atoms with Gasteiger partial charge in [0.2, 0.25) is 0 Å². The summed E-state index contributed by atoms with van der Waals surface area (Å²) < 4.78 is 17.1. The minimum Gasteiger partial charge on any atom is -0.822 e. The van der Waals surface area contributed by atoms with E-state index in [1.165, 1.54) is 0 Å². The summed E-state index contributed by atoms with van der Waals surface area (Å²) in [6, 6.07) is 0. The quantitative estimate of drug-likeness (QED) is 0.0658. The van der Waals surface area contributed by atoms with Gasteiger partial charge in [0.05, 0.1) is 116 Å². The summed E-state index contributed by atoms with van der Waals surface area (Å²) in [7, 11) is -10.8. The maximum absolute atomic E-state index is 8.55. The van der Waals surface area contributed by atoms with Gasteiger partial charge in [-0.25, -0.2) is 89.8 Å². The fourth-order valence-electron chi connectivity index (χ4n) is 4.10. The van der Waals surface area contributed by atoms with Gasteiger partial charge in [-0.1, -0.05) is 0 Å². The number of nitrogens with zero attached hydrogens (tertiary/aromatic N) is 29. The van der Waals surface area contributed by atoms with E-state index < -0.39 is 15.6 Å². The van der Waals surface area contributed by atoms with Crippen molar-refractivity contribution in [3.8, 4) is 0 Å². The van der Waals surface area contributed by atoms with Gasteiger partial charge in [-0.05, 0) is 0 Å². The van der Waals surface area contributed by atoms with Gasteiger partial charge in [-0.15, -0.1) is 0 Å². The second-order valence-corrected chi connectivity index (χ2v) is 16.9. The summed E-state index contributed by atoms with van der Waals surface area (Å²) in [5.41, 5.74) is 0. The Bertz CT molecular complexity index is 2600. The Hall–Kier alpha value is -11.1. The van der Waals surface area contributed by atoms with E-state index in [0.717, 1.165) is 72.0 Å². The normalized spacial score (nSPS) is 13.3. The molecule has 0 aromatic carbocycles. The number of aromatic amines is 7. The van der Waals surface area contributed by atoms with Gasteiger partial charge in [0, 0.05) is 155 Å². The molecule has 0 atom stereocenters. The molecule has 7 N–H and O–H groups in total. The molecule has 18 rings (SSSR count). The Morgan fingerprint density at radius 2 is 0.301 bits per heavy atom. The first-order valence-electron chi connectivity index (χ1n) is 27.9. The molecule has 0 fully saturated rings. The topological polar surface area (TPSA) is 645 Å². The van der Waals surface area contributed by atoms with Crippen LogP contribution in [0.5, 0.6) is 0 Å². The van der Waals surface area contributed by atoms with Crippen molar-refractivity contribution in [2.45, 2.75) is 0 Å². The third kappa shape index (κ3) is 115. The average Bonchev–Trinajstić information content (AvgIpc) is 4.61. The number of aromatic nitrogens is 14. The van der Waals surface area contributed by atoms with Crippen molar-refractivity contribution >= 4 is 154 Å². The predicted molar refractivity (Wildman–Crippen MR) is 386 cm³/mol. The average molecular weight is 1590 g/mol. The van der Waals surface area contributed by atoms with E-state index in [0.29, 0.717) is 0 Å². The van der Waals surface area contributed by atoms with E-state index >= 15 is 0 Å². The number of hydrogen-bond acceptors (Lipinski definition) is 37. The molecule has 7 aromatic heterocycles. The molecule has 44 nitrogen and oxygen atoms in total. The summed E-state index contributed by atoms with van der Waals surface area (Å²) in [5, 5.41) is 0. The predicted octanol–water partition coefficient (Wildman–Crippen LogP) is -1.70. The molecule has 49 heteroatoms. The van der Waals surface area contributed by atoms with E-state index in [4.69, 9.17) is 38.5 Å². The molecule has 7 aromatic rings. The summed E-state index contributed by atoms with van der Waals surface area (Å²) in [6.07, 6.45) is 72.1. The van der Waals surface area contributed by atoms with Gasteiger partial charge in [0.25, 0.3) is 0 Å². The minimum absolute atomic E-state index is 0. The monoisotopic (exact) mass is 1590 g/mol. The molecular formula is C54H72N36Ni3O8P2. The number of imidazole rings is 7. The number of phosphoric acid groups is 2. The van der Waals surface area contributed by atoms with Crippen molar-refractivity contribution in [1.82, 2.24) is 69.8 Å². The molecule has 103 heavy (non-hydrogen) atoms. The van der Waals surface area contributed by atoms with Crippen LogP contribution in [0.4, 0.5) is 0 Å². The Kier molecular flexibility index (Phi) is 86.8. The Morgan fingerprint density at radius 1 is 0.204 bits per heavy atom. The molecule has 0 radical (unpaired) electrons. The van der Waals surface area contributed by atoms with Crippen molar-refractivity contribution in [3.05, 3.63) is 131 Å². The minimum atomic E-state index is -5.39. The smallest absolute Gasteiger partial charge is 0.822 e. The fourth-order valence-corrected chi connectivity index (χ4v) is 4.10. The van der Waals surface area contributed by atoms with Crippen molar-refractivity contribution in [2.75, 3.05) is 72.0 Å². The molecule has 0 saturated heterocycles. The van der Waals surface area contributed by atoms with Gasteiger partial charge >= 0.3 is 49.5 Å². The summed E-state index contributed by atoms with van der Waals surface area (Å²) in [4.78, 5) is 178. The van der Waals surface area contributed by atoms with Crippen LogP contribution in [-0.4, -0.2) is 280 Å². The van der Waals surface area contributed by atoms with E-state index in [-0.39, 0.29) is 49.5 Å². The third-order valence-corrected chi connectivity index (χ3v) is 7.69. The molecular weight excluding hydrogens is 1520 g/mol. The van der Waals surface area contributed by atoms with Crippen LogP contribution >= 0.6 is 15.6 Å². The van der Waals surface area contributed by atoms with Crippen molar-refractivity contribution in [3.63, 3.8) is 0 Å². The third-order valence-electron chi connectivity index (χ3n) is 7.69. The molecule has 0 amide bonds. The van der Waals surface area contributed by atoms with Crippen molar-refractivity contribution in [2.24, 2.45) is 110 Å². The molecule has 0 spiro atoms. The van der Waals surface area contributed by atoms with Crippen molar-refractivity contribution < 1.29 is 88.0 Å². The van der Waals surface area contributed by atoms with E-state index in [1.54, 1.807) is 269 Å². The van der Waals surface area contributed by atoms with Crippen LogP contribution < -0.4 is 29.4 Å². The number of H-pyrrole nitrogens is 7. The Labute approximate surface area is 621 Å². The zero-order valence-corrected chi connectivity index (χ0v) is 58.9. The first-order valence-corrected chi connectivity index (χ1v) is 30.9. The largest absolute Gasteiger partial charge is 2.00 e. The molecule has 0 aliphatic carbocycles. The molecule has 0 saturated carbocycles. The molecule has 0 bridgehead atoms. The van der Waals surface area contributed by atoms with E-state index in [9.17, 15) is 0 Å². The first kappa shape index (κ1) is 101. The number of hydrogen-bond donors (Lipinski definition) is 7. The second kappa shape index (κ2) is 88.9. The van der Waals surface area contributed by atoms with E-state index in [1.807, 2.05) is 0 Å². The maximum atomic E-state index is 8.55. The standard InChI is InChI=1S/18C3H4N2.3Ni.2H3O4P/c18*1-2-5-3-4-1;;;;2*1-5(2,3)4/h11*1,3H,2H2;7*1-3H,(H,4,5);;;;2*(H3,1,2,3,4)/q;;;;;;;;;;;;;;;;;;3*+2;;/p-6. The second-order valence-electron chi connectivity index (χ2n) is 15.2. The number of nitrogens with one attached hydrogen (secondary N) is 7. The van der Waals surface area contributed by atoms with Gasteiger partial charge in [0.15, 0.2) is 0 Å². The van der Waals surface area contributed by atoms with Crippen LogP contribution in [-0.2, 0) is 58.6 Å². The van der Waals surface area contributed by atoms with Gasteiger partial charge in [0.1, 0.15) is 69.7 Å². The van der Waals surface area contributed by atoms with Gasteiger partial charge in [-0.2, -0.15) is 15.6 Å². The van der Waals surface area contributed by atoms with Crippen LogP contribution in [0.15, 0.2) is 241 Å². The molecule has 11 aliphatic heterocycles. The van der Waals surface area contributed by atoms with Crippen molar-refractivity contribution in [1.29, 1.82) is 0 Å². The van der Waals surface area contributed by atoms with Crippen LogP contribution in [0.3, 0.4) is 0 Å². The fraction of sp³-hybridized carbons (Fsp3) is 0.204. The van der Waals surface area contributed by atoms with Gasteiger partial charge < -0.3 is 73.4 Å². The Balaban J connectivity index is -0.000000327. The summed E-state index contributed by atoms with van der Waals surface area (Å²) >= 11 is 0. The van der Waals surface area contributed by atoms with Crippen LogP contribution in [0.25, 0.3) is 0 Å². The number of rotatable bonds is 0. The first-order chi connectivity index (χ1) is 49.0. The summed E-state index contributed by atoms with van der Waals surface area (Å²) in [6.45, 7) is 8.56. The molecule has 11 aliphatic rings. The van der Waals surface area contributed by atoms with E-state index in [2.05, 4.69) is 180 Å². The van der Waals surface area contributed by atoms with Crippen LogP contribution in [0.2, 0.25) is 0 Å². The SMILES string of the molecule is C1=NC=NC1.C1=NC=NC1.C1=NC=NC1.C1=NC=NC1.C1=NC=NC1.C1=NC=NC1.C1=NC=NC1.C1=NC=NC1.C1=NC=NC1.C1=NC=NC1.C1=NC=NC1.O=P([O-])([O-])[O-].O=P([O-])([O-])[O-].[Ni+2].[Ni+2].[Ni+2].c1c[nH]cn1.c1c[nH]cn1.c1c[nH]cn1.c1c[nH]cn1.c1c[nH]cn1.c1c[nH]cn1.c1c[nH]cn1. The van der Waals surface area contributed by atoms with Crippen LogP contribution in [0.1, 0.15) is 0 Å². The zero-order valence-electron chi connectivity index (χ0n) is 54.2. The number of aliphatic imine (C=N–C) groups is 22. The molecule has 556 valence electrons. The zero-order chi connectivity index (χ0) is 72.6. The van der Waals surface area contributed by atoms with Gasteiger partial charge in [-0.3, -0.25) is 54.9 Å². The summed E-state index contributed by atoms with van der Waals surface area (Å²) in [5.74, 6) is 0. The molecule has 18 heterocycles. The maximum Gasteiger partial charge on any atom is 2.00 e. The van der Waals surface area contributed by atoms with Crippen LogP contribution in [0, 0.1) is 0 Å². The Morgan fingerprint density at radius 3 is 0.320 bits per heavy atom. The molecule has 0 unspecified atom stereocenters.